The fourth-order valence-electron chi connectivity index (χ4n) is 0. The second-order valence-electron chi connectivity index (χ2n) is 0.192. The van der Waals surface area contributed by atoms with Gasteiger partial charge < -0.3 is 0 Å². The molecule has 0 heterocycles. The Morgan fingerprint density at radius 3 is 1.00 bits per heavy atom. The van der Waals surface area contributed by atoms with Gasteiger partial charge in [-0.2, -0.15) is 0 Å². The van der Waals surface area contributed by atoms with Crippen LogP contribution in [-0.2, 0) is 0 Å². The summed E-state index contributed by atoms with van der Waals surface area (Å²) in [6.45, 7) is 0. The van der Waals surface area contributed by atoms with E-state index < -0.39 is 16.8 Å². The van der Waals surface area contributed by atoms with Crippen LogP contribution in [0.5, 0.6) is 0 Å². The topological polar surface area (TPSA) is 0 Å². The minimum absolute atomic E-state index is 0. The quantitative estimate of drug-likeness (QED) is 0.580. The summed E-state index contributed by atoms with van der Waals surface area (Å²) in [6.07, 6.45) is 0. The van der Waals surface area contributed by atoms with Crippen molar-refractivity contribution in [2.75, 3.05) is 0 Å². The Kier molecular flexibility index (Phi) is 13.6. The Balaban J connectivity index is 0. The van der Waals surface area contributed by atoms with Gasteiger partial charge in [-0.25, -0.2) is 0 Å². The predicted octanol–water partition coefficient (Wildman–Crippen LogP) is 1.31. The third kappa shape index (κ3) is 21.1. The van der Waals surface area contributed by atoms with Crippen LogP contribution in [0.2, 0.25) is 0 Å². The summed E-state index contributed by atoms with van der Waals surface area (Å²) < 4.78 is 0. The van der Waals surface area contributed by atoms with Gasteiger partial charge in [0.2, 0.25) is 0 Å². The predicted molar refractivity (Wildman–Crippen MR) is 29.1 cm³/mol. The zero-order valence-electron chi connectivity index (χ0n) is 2.08. The third-order valence-electron chi connectivity index (χ3n) is 0. The van der Waals surface area contributed by atoms with Gasteiger partial charge >= 0.3 is 43.3 Å². The number of hydrogen-bond acceptors (Lipinski definition) is 0. The maximum Gasteiger partial charge on any atom is 0 e. The monoisotopic (exact) mass is 346 g/mol. The van der Waals surface area contributed by atoms with E-state index in [0.717, 1.165) is 0 Å². The van der Waals surface area contributed by atoms with E-state index in [1.807, 2.05) is 0 Å². The van der Waals surface area contributed by atoms with Crippen molar-refractivity contribution in [2.24, 2.45) is 0 Å². The van der Waals surface area contributed by atoms with E-state index in [2.05, 4.69) is 0 Å². The summed E-state index contributed by atoms with van der Waals surface area (Å²) in [5, 5.41) is 0. The second kappa shape index (κ2) is 6.49. The van der Waals surface area contributed by atoms with E-state index in [4.69, 9.17) is 26.5 Å². The average molecular weight is 347 g/mol. The van der Waals surface area contributed by atoms with Crippen LogP contribution in [0.25, 0.3) is 0 Å². The summed E-state index contributed by atoms with van der Waals surface area (Å²) >= 11 is -2.03. The molecule has 4 radical (unpaired) electrons. The molecule has 0 aromatic carbocycles. The zero-order valence-corrected chi connectivity index (χ0v) is 9.76. The number of hydrogen-bond donors (Lipinski definition) is 0. The summed E-state index contributed by atoms with van der Waals surface area (Å²) in [5.41, 5.74) is 0. The van der Waals surface area contributed by atoms with Crippen LogP contribution in [0.1, 0.15) is 0 Å². The van der Waals surface area contributed by atoms with Crippen LogP contribution in [0, 0.1) is 0 Å². The van der Waals surface area contributed by atoms with Crippen LogP contribution < -0.4 is 0 Å². The normalized spacial score (nSPS) is 7.20. The fraction of sp³-hybridized carbons (Fsp3) is 0. The second-order valence-corrected chi connectivity index (χ2v) is 11.6. The molecule has 0 aromatic heterocycles. The molecule has 0 rings (SSSR count). The Labute approximate surface area is 66.1 Å². The first-order valence-electron chi connectivity index (χ1n) is 0.507. The fourth-order valence-corrected chi connectivity index (χ4v) is 0. The van der Waals surface area contributed by atoms with Crippen molar-refractivity contribution >= 4 is 67.2 Å². The first kappa shape index (κ1) is 10.5. The Hall–Kier alpha value is 2.49. The van der Waals surface area contributed by atoms with Crippen LogP contribution in [0.3, 0.4) is 0 Å². The molecule has 0 aliphatic rings. The van der Waals surface area contributed by atoms with Gasteiger partial charge in [0, 0.05) is 23.9 Å². The Morgan fingerprint density at radius 2 is 1.00 bits per heavy atom. The van der Waals surface area contributed by atoms with Gasteiger partial charge in [-0.05, 0) is 0 Å². The van der Waals surface area contributed by atoms with Gasteiger partial charge in [0.1, 0.15) is 0 Å². The molecule has 0 fully saturated rings. The maximum absolute atomic E-state index is 4.99. The molecule has 0 spiro atoms. The first-order valence-corrected chi connectivity index (χ1v) is 10.2. The van der Waals surface area contributed by atoms with Crippen LogP contribution >= 0.6 is 26.5 Å². The molecule has 5 heavy (non-hydrogen) atoms. The molecule has 0 bridgehead atoms. The molecule has 0 aliphatic heterocycles. The van der Waals surface area contributed by atoms with E-state index in [1.165, 1.54) is 0 Å². The third-order valence-corrected chi connectivity index (χ3v) is 0. The van der Waals surface area contributed by atoms with Crippen LogP contribution in [-0.4, -0.2) is 40.7 Å². The van der Waals surface area contributed by atoms with Gasteiger partial charge in [0.25, 0.3) is 0 Å². The molecule has 30 valence electrons. The van der Waals surface area contributed by atoms with Crippen LogP contribution in [0.4, 0.5) is 0 Å². The maximum atomic E-state index is 4.99. The molecule has 0 unspecified atom stereocenters. The Morgan fingerprint density at radius 1 is 1.00 bits per heavy atom. The largest absolute Gasteiger partial charge is 0 e. The van der Waals surface area contributed by atoms with Gasteiger partial charge in [-0.3, -0.25) is 0 Å². The molecule has 0 nitrogen and oxygen atoms in total. The number of halogens is 3. The molecule has 5 heteroatoms. The summed E-state index contributed by atoms with van der Waals surface area (Å²) in [7, 11) is 15.0. The molecule has 0 aromatic rings. The van der Waals surface area contributed by atoms with Crippen molar-refractivity contribution in [2.45, 2.75) is 0 Å². The van der Waals surface area contributed by atoms with E-state index in [-0.39, 0.29) is 23.9 Å². The number of rotatable bonds is 0. The minimum atomic E-state index is -2.03. The van der Waals surface area contributed by atoms with Crippen molar-refractivity contribution in [1.82, 2.24) is 0 Å². The van der Waals surface area contributed by atoms with Gasteiger partial charge in [0.05, 0.1) is 0 Å². The molecular weight excluding hydrogens is 347 g/mol. The van der Waals surface area contributed by atoms with E-state index >= 15 is 0 Å². The molecule has 0 saturated heterocycles. The van der Waals surface area contributed by atoms with Crippen molar-refractivity contribution in [3.8, 4) is 0 Å². The van der Waals surface area contributed by atoms with Gasteiger partial charge in [-0.1, -0.05) is 0 Å². The van der Waals surface area contributed by atoms with Crippen molar-refractivity contribution in [3.05, 3.63) is 0 Å². The molecule has 0 atom stereocenters. The first-order chi connectivity index (χ1) is 1.73. The summed E-state index contributed by atoms with van der Waals surface area (Å²) in [5.74, 6) is 0. The minimum Gasteiger partial charge on any atom is 0 e. The SMILES string of the molecule is [Cl][Sb]([Cl])[Cl].[Sn]. The smallest absolute Gasteiger partial charge is 0 e. The standard InChI is InChI=1S/3ClH.Sb.Sn/h3*1H;;/q;;;+3;/p-3. The molecule has 0 aliphatic carbocycles. The summed E-state index contributed by atoms with van der Waals surface area (Å²) in [4.78, 5) is 0. The average Bonchev–Trinajstić information content (AvgIpc) is 0.811. The van der Waals surface area contributed by atoms with E-state index in [0.29, 0.717) is 0 Å². The van der Waals surface area contributed by atoms with Crippen molar-refractivity contribution in [1.29, 1.82) is 0 Å². The van der Waals surface area contributed by atoms with Crippen molar-refractivity contribution < 1.29 is 0 Å². The van der Waals surface area contributed by atoms with Crippen LogP contribution in [0.15, 0.2) is 0 Å². The van der Waals surface area contributed by atoms with E-state index in [9.17, 15) is 0 Å². The molecule has 0 saturated carbocycles. The molecule has 0 amide bonds. The molecular formula is Cl3SbSn. The van der Waals surface area contributed by atoms with E-state index in [1.54, 1.807) is 0 Å². The Bertz CT molecular complexity index is 11.6. The molecule has 0 N–H and O–H groups in total. The zero-order chi connectivity index (χ0) is 3.58. The van der Waals surface area contributed by atoms with Crippen molar-refractivity contribution in [3.63, 3.8) is 0 Å². The summed E-state index contributed by atoms with van der Waals surface area (Å²) in [6, 6.07) is 0. The van der Waals surface area contributed by atoms with Gasteiger partial charge in [0.15, 0.2) is 0 Å². The van der Waals surface area contributed by atoms with Gasteiger partial charge in [-0.15, -0.1) is 0 Å².